The summed E-state index contributed by atoms with van der Waals surface area (Å²) < 4.78 is 10.7. The molecule has 3 rings (SSSR count). The van der Waals surface area contributed by atoms with Crippen molar-refractivity contribution < 1.29 is 19.4 Å². The van der Waals surface area contributed by atoms with Crippen LogP contribution in [-0.4, -0.2) is 42.4 Å². The van der Waals surface area contributed by atoms with Crippen molar-refractivity contribution in [2.45, 2.75) is 31.7 Å². The van der Waals surface area contributed by atoms with E-state index in [-0.39, 0.29) is 24.7 Å². The minimum Gasteiger partial charge on any atom is -0.481 e. The van der Waals surface area contributed by atoms with E-state index in [4.69, 9.17) is 9.47 Å². The Hall–Kier alpha value is -1.75. The van der Waals surface area contributed by atoms with Crippen molar-refractivity contribution in [3.8, 4) is 11.5 Å². The molecule has 0 bridgehead atoms. The Morgan fingerprint density at radius 3 is 2.86 bits per heavy atom. The number of aliphatic carboxylic acids is 1. The highest BCUT2D eigenvalue weighted by molar-refractivity contribution is 5.73. The zero-order valence-corrected chi connectivity index (χ0v) is 12.4. The number of likely N-dealkylation sites (N-methyl/N-ethyl adjacent to an activating group) is 1. The molecule has 0 saturated carbocycles. The number of benzene rings is 1. The third kappa shape index (κ3) is 2.46. The quantitative estimate of drug-likeness (QED) is 0.922. The van der Waals surface area contributed by atoms with Crippen LogP contribution < -0.4 is 9.47 Å². The lowest BCUT2D eigenvalue weighted by molar-refractivity contribution is -0.143. The van der Waals surface area contributed by atoms with Crippen LogP contribution in [0, 0.1) is 5.92 Å². The van der Waals surface area contributed by atoms with Gasteiger partial charge in [0.05, 0.1) is 5.92 Å². The molecule has 0 aliphatic carbocycles. The number of fused-ring (bicyclic) bond motifs is 1. The van der Waals surface area contributed by atoms with Crippen LogP contribution in [0.25, 0.3) is 0 Å². The van der Waals surface area contributed by atoms with Gasteiger partial charge in [0.1, 0.15) is 0 Å². The van der Waals surface area contributed by atoms with Crippen LogP contribution in [0.4, 0.5) is 0 Å². The maximum atomic E-state index is 11.8. The maximum absolute atomic E-state index is 11.8. The van der Waals surface area contributed by atoms with Gasteiger partial charge in [-0.3, -0.25) is 4.79 Å². The Balaban J connectivity index is 1.91. The van der Waals surface area contributed by atoms with E-state index in [1.165, 1.54) is 0 Å². The Morgan fingerprint density at radius 2 is 2.14 bits per heavy atom. The molecule has 0 radical (unpaired) electrons. The van der Waals surface area contributed by atoms with Crippen LogP contribution in [-0.2, 0) is 4.79 Å². The molecule has 21 heavy (non-hydrogen) atoms. The smallest absolute Gasteiger partial charge is 0.308 e. The van der Waals surface area contributed by atoms with Crippen molar-refractivity contribution in [3.63, 3.8) is 0 Å². The molecule has 0 amide bonds. The molecule has 0 aromatic heterocycles. The first kappa shape index (κ1) is 14.2. The summed E-state index contributed by atoms with van der Waals surface area (Å²) in [6.07, 6.45) is 1.90. The fourth-order valence-corrected chi connectivity index (χ4v) is 3.59. The molecule has 114 valence electrons. The minimum absolute atomic E-state index is 0.00134. The fraction of sp³-hybridized carbons (Fsp3) is 0.562. The summed E-state index contributed by atoms with van der Waals surface area (Å²) in [5.41, 5.74) is 1.03. The molecule has 3 unspecified atom stereocenters. The molecule has 2 aliphatic rings. The number of carboxylic acids is 1. The SMILES string of the molecule is CCCC1C(C(=O)O)C(c2ccc3c(c2)OCO3)CN1C. The molecule has 0 spiro atoms. The zero-order valence-electron chi connectivity index (χ0n) is 12.4. The lowest BCUT2D eigenvalue weighted by Crippen LogP contribution is -2.33. The van der Waals surface area contributed by atoms with Crippen LogP contribution in [0.3, 0.4) is 0 Å². The van der Waals surface area contributed by atoms with Crippen LogP contribution in [0.15, 0.2) is 18.2 Å². The van der Waals surface area contributed by atoms with Crippen LogP contribution in [0.2, 0.25) is 0 Å². The van der Waals surface area contributed by atoms with Gasteiger partial charge >= 0.3 is 5.97 Å². The zero-order chi connectivity index (χ0) is 15.0. The lowest BCUT2D eigenvalue weighted by Gasteiger charge is -2.23. The lowest BCUT2D eigenvalue weighted by atomic mass is 9.84. The topological polar surface area (TPSA) is 59.0 Å². The molecule has 1 aromatic rings. The summed E-state index contributed by atoms with van der Waals surface area (Å²) in [5, 5.41) is 9.67. The molecule has 1 aromatic carbocycles. The number of hydrogen-bond donors (Lipinski definition) is 1. The highest BCUT2D eigenvalue weighted by Gasteiger charge is 2.44. The molecule has 1 fully saturated rings. The van der Waals surface area contributed by atoms with Gasteiger partial charge in [0, 0.05) is 18.5 Å². The van der Waals surface area contributed by atoms with E-state index in [1.807, 2.05) is 25.2 Å². The molecule has 2 heterocycles. The maximum Gasteiger partial charge on any atom is 0.308 e. The fourth-order valence-electron chi connectivity index (χ4n) is 3.59. The standard InChI is InChI=1S/C16H21NO4/c1-3-4-12-15(16(18)19)11(8-17(12)2)10-5-6-13-14(7-10)21-9-20-13/h5-7,11-12,15H,3-4,8-9H2,1-2H3,(H,18,19). The van der Waals surface area contributed by atoms with Crippen LogP contribution >= 0.6 is 0 Å². The third-order valence-electron chi connectivity index (χ3n) is 4.59. The summed E-state index contributed by atoms with van der Waals surface area (Å²) >= 11 is 0. The van der Waals surface area contributed by atoms with Gasteiger partial charge < -0.3 is 19.5 Å². The monoisotopic (exact) mass is 291 g/mol. The van der Waals surface area contributed by atoms with E-state index in [1.54, 1.807) is 0 Å². The van der Waals surface area contributed by atoms with Gasteiger partial charge in [-0.2, -0.15) is 0 Å². The Bertz CT molecular complexity index is 545. The summed E-state index contributed by atoms with van der Waals surface area (Å²) in [5.74, 6) is 0.384. The number of carbonyl (C=O) groups is 1. The molecular formula is C16H21NO4. The van der Waals surface area contributed by atoms with E-state index in [0.29, 0.717) is 0 Å². The van der Waals surface area contributed by atoms with Gasteiger partial charge in [-0.1, -0.05) is 19.4 Å². The summed E-state index contributed by atoms with van der Waals surface area (Å²) in [6.45, 7) is 3.10. The van der Waals surface area contributed by atoms with Gasteiger partial charge in [0.2, 0.25) is 6.79 Å². The number of likely N-dealkylation sites (tertiary alicyclic amines) is 1. The van der Waals surface area contributed by atoms with Crippen LogP contribution in [0.1, 0.15) is 31.2 Å². The Morgan fingerprint density at radius 1 is 1.38 bits per heavy atom. The largest absolute Gasteiger partial charge is 0.481 e. The number of rotatable bonds is 4. The average Bonchev–Trinajstić information content (AvgIpc) is 3.03. The predicted octanol–water partition coefficient (Wildman–Crippen LogP) is 2.31. The normalized spacial score (nSPS) is 28.0. The minimum atomic E-state index is -0.708. The average molecular weight is 291 g/mol. The highest BCUT2D eigenvalue weighted by atomic mass is 16.7. The second-order valence-electron chi connectivity index (χ2n) is 5.88. The molecular weight excluding hydrogens is 270 g/mol. The first-order valence-corrected chi connectivity index (χ1v) is 7.44. The molecule has 5 nitrogen and oxygen atoms in total. The summed E-state index contributed by atoms with van der Waals surface area (Å²) in [6, 6.07) is 5.88. The number of carboxylic acid groups (broad SMARTS) is 1. The molecule has 2 aliphatic heterocycles. The Labute approximate surface area is 124 Å². The number of hydrogen-bond acceptors (Lipinski definition) is 4. The van der Waals surface area contributed by atoms with Crippen molar-refractivity contribution in [3.05, 3.63) is 23.8 Å². The molecule has 1 saturated heterocycles. The van der Waals surface area contributed by atoms with E-state index in [2.05, 4.69) is 11.8 Å². The van der Waals surface area contributed by atoms with Crippen molar-refractivity contribution >= 4 is 5.97 Å². The highest BCUT2D eigenvalue weighted by Crippen LogP contribution is 2.42. The van der Waals surface area contributed by atoms with Crippen molar-refractivity contribution in [2.75, 3.05) is 20.4 Å². The molecule has 5 heteroatoms. The number of nitrogens with zero attached hydrogens (tertiary/aromatic N) is 1. The first-order chi connectivity index (χ1) is 10.1. The number of ether oxygens (including phenoxy) is 2. The van der Waals surface area contributed by atoms with Crippen molar-refractivity contribution in [2.24, 2.45) is 5.92 Å². The van der Waals surface area contributed by atoms with Gasteiger partial charge in [-0.15, -0.1) is 0 Å². The van der Waals surface area contributed by atoms with E-state index in [0.717, 1.165) is 36.4 Å². The molecule has 3 atom stereocenters. The van der Waals surface area contributed by atoms with Crippen molar-refractivity contribution in [1.29, 1.82) is 0 Å². The second kappa shape index (κ2) is 5.56. The molecule has 1 N–H and O–H groups in total. The summed E-state index contributed by atoms with van der Waals surface area (Å²) in [4.78, 5) is 13.9. The van der Waals surface area contributed by atoms with Crippen LogP contribution in [0.5, 0.6) is 11.5 Å². The summed E-state index contributed by atoms with van der Waals surface area (Å²) in [7, 11) is 2.02. The van der Waals surface area contributed by atoms with E-state index in [9.17, 15) is 9.90 Å². The predicted molar refractivity (Wildman–Crippen MR) is 77.8 cm³/mol. The van der Waals surface area contributed by atoms with Gasteiger partial charge in [-0.05, 0) is 31.2 Å². The second-order valence-corrected chi connectivity index (χ2v) is 5.88. The van der Waals surface area contributed by atoms with E-state index >= 15 is 0 Å². The Kier molecular flexibility index (Phi) is 3.76. The van der Waals surface area contributed by atoms with Gasteiger partial charge in [0.25, 0.3) is 0 Å². The first-order valence-electron chi connectivity index (χ1n) is 7.44. The van der Waals surface area contributed by atoms with Gasteiger partial charge in [-0.25, -0.2) is 0 Å². The van der Waals surface area contributed by atoms with E-state index < -0.39 is 5.97 Å². The van der Waals surface area contributed by atoms with Gasteiger partial charge in [0.15, 0.2) is 11.5 Å². The third-order valence-corrected chi connectivity index (χ3v) is 4.59. The van der Waals surface area contributed by atoms with Crippen molar-refractivity contribution in [1.82, 2.24) is 4.90 Å².